The van der Waals surface area contributed by atoms with Gasteiger partial charge in [0.1, 0.15) is 18.1 Å². The number of carbonyl (C=O) groups excluding carboxylic acids is 3. The number of amides is 1. The van der Waals surface area contributed by atoms with Gasteiger partial charge in [-0.15, -0.1) is 0 Å². The quantitative estimate of drug-likeness (QED) is 0.578. The van der Waals surface area contributed by atoms with Crippen molar-refractivity contribution in [1.82, 2.24) is 5.32 Å². The number of hydrogen-bond donors (Lipinski definition) is 1. The molecule has 0 fully saturated rings. The molecule has 2 aromatic carbocycles. The molecule has 6 heteroatoms. The molecule has 0 aliphatic heterocycles. The molecule has 0 saturated heterocycles. The summed E-state index contributed by atoms with van der Waals surface area (Å²) in [5.74, 6) is 1.01. The lowest BCUT2D eigenvalue weighted by atomic mass is 9.98. The Balaban J connectivity index is 1.63. The molecule has 0 bridgehead atoms. The predicted molar refractivity (Wildman–Crippen MR) is 113 cm³/mol. The van der Waals surface area contributed by atoms with Crippen LogP contribution in [0.15, 0.2) is 54.6 Å². The van der Waals surface area contributed by atoms with Crippen LogP contribution in [0.5, 0.6) is 0 Å². The number of carbonyl (C=O) groups is 2. The van der Waals surface area contributed by atoms with Gasteiger partial charge in [0.05, 0.1) is 12.5 Å². The normalized spacial score (nSPS) is 13.4. The Bertz CT molecular complexity index is 940. The van der Waals surface area contributed by atoms with Crippen molar-refractivity contribution in [3.05, 3.63) is 65.7 Å². The van der Waals surface area contributed by atoms with E-state index in [1.807, 2.05) is 36.4 Å². The van der Waals surface area contributed by atoms with E-state index in [1.165, 1.54) is 0 Å². The van der Waals surface area contributed by atoms with E-state index in [1.54, 1.807) is 26.7 Å². The Labute approximate surface area is 175 Å². The number of fused-ring (bicyclic) bond motifs is 3. The van der Waals surface area contributed by atoms with Gasteiger partial charge in [-0.25, -0.2) is 9.59 Å². The van der Waals surface area contributed by atoms with Crippen molar-refractivity contribution < 1.29 is 23.9 Å². The van der Waals surface area contributed by atoms with Crippen LogP contribution in [-0.2, 0) is 19.1 Å². The van der Waals surface area contributed by atoms with Crippen LogP contribution >= 0.6 is 0 Å². The average molecular weight is 407 g/mol. The Morgan fingerprint density at radius 1 is 1.07 bits per heavy atom. The highest BCUT2D eigenvalue weighted by atomic mass is 16.6. The smallest absolute Gasteiger partial charge is 0.407 e. The number of benzene rings is 2. The van der Waals surface area contributed by atoms with Gasteiger partial charge in [-0.3, -0.25) is 4.79 Å². The third-order valence-electron chi connectivity index (χ3n) is 4.72. The molecule has 0 unspecified atom stereocenters. The van der Waals surface area contributed by atoms with Crippen molar-refractivity contribution in [2.24, 2.45) is 0 Å². The Morgan fingerprint density at radius 2 is 1.63 bits per heavy atom. The first kappa shape index (κ1) is 21.3. The van der Waals surface area contributed by atoms with E-state index in [-0.39, 0.29) is 18.9 Å². The highest BCUT2D eigenvalue weighted by Crippen LogP contribution is 2.44. The third kappa shape index (κ3) is 5.16. The molecule has 6 nitrogen and oxygen atoms in total. The lowest BCUT2D eigenvalue weighted by molar-refractivity contribution is -0.155. The first-order chi connectivity index (χ1) is 14.3. The molecule has 1 N–H and O–H groups in total. The van der Waals surface area contributed by atoms with Crippen LogP contribution in [0.3, 0.4) is 0 Å². The fourth-order valence-electron chi connectivity index (χ4n) is 3.59. The van der Waals surface area contributed by atoms with Crippen molar-refractivity contribution in [2.75, 3.05) is 6.61 Å². The van der Waals surface area contributed by atoms with Crippen LogP contribution in [0.25, 0.3) is 11.1 Å². The maximum absolute atomic E-state index is 12.3. The van der Waals surface area contributed by atoms with E-state index in [0.29, 0.717) is 0 Å². The summed E-state index contributed by atoms with van der Waals surface area (Å²) in [5.41, 5.74) is 3.81. The van der Waals surface area contributed by atoms with Crippen LogP contribution in [-0.4, -0.2) is 36.3 Å². The fraction of sp³-hybridized carbons (Fsp3) is 0.333. The molecule has 1 aliphatic rings. The molecule has 0 radical (unpaired) electrons. The molecule has 30 heavy (non-hydrogen) atoms. The lowest BCUT2D eigenvalue weighted by Crippen LogP contribution is -2.37. The van der Waals surface area contributed by atoms with E-state index in [4.69, 9.17) is 9.47 Å². The molecule has 156 valence electrons. The zero-order chi connectivity index (χ0) is 21.7. The van der Waals surface area contributed by atoms with Crippen molar-refractivity contribution in [2.45, 2.75) is 44.8 Å². The second kappa shape index (κ2) is 8.97. The van der Waals surface area contributed by atoms with Gasteiger partial charge in [-0.2, -0.15) is 0 Å². The Hall–Kier alpha value is -3.37. The van der Waals surface area contributed by atoms with Gasteiger partial charge >= 0.3 is 12.1 Å². The van der Waals surface area contributed by atoms with Crippen molar-refractivity contribution in [3.8, 4) is 11.1 Å². The SMILES string of the molecule is CC(C)(C)OC(=O)C[C@H](C=C=O)NC(=O)OCC1c2ccccc2-c2ccccc21. The Kier molecular flexibility index (Phi) is 6.38. The number of rotatable bonds is 6. The minimum absolute atomic E-state index is 0.0749. The van der Waals surface area contributed by atoms with Crippen LogP contribution in [0.2, 0.25) is 0 Å². The van der Waals surface area contributed by atoms with Gasteiger partial charge in [0, 0.05) is 12.0 Å². The molecule has 3 rings (SSSR count). The lowest BCUT2D eigenvalue weighted by Gasteiger charge is -2.21. The highest BCUT2D eigenvalue weighted by molar-refractivity contribution is 5.79. The molecule has 0 spiro atoms. The third-order valence-corrected chi connectivity index (χ3v) is 4.72. The van der Waals surface area contributed by atoms with Crippen molar-refractivity contribution >= 4 is 18.0 Å². The molecule has 1 atom stereocenters. The zero-order valence-corrected chi connectivity index (χ0v) is 17.3. The predicted octanol–water partition coefficient (Wildman–Crippen LogP) is 4.01. The topological polar surface area (TPSA) is 81.7 Å². The van der Waals surface area contributed by atoms with E-state index < -0.39 is 23.7 Å². The van der Waals surface area contributed by atoms with Crippen LogP contribution < -0.4 is 5.32 Å². The molecule has 1 aliphatic carbocycles. The summed E-state index contributed by atoms with van der Waals surface area (Å²) in [6.45, 7) is 5.38. The first-order valence-corrected chi connectivity index (χ1v) is 9.83. The summed E-state index contributed by atoms with van der Waals surface area (Å²) in [6, 6.07) is 15.2. The van der Waals surface area contributed by atoms with Gasteiger partial charge < -0.3 is 14.8 Å². The number of alkyl carbamates (subject to hydrolysis) is 1. The second-order valence-electron chi connectivity index (χ2n) is 8.15. The maximum Gasteiger partial charge on any atom is 0.407 e. The summed E-state index contributed by atoms with van der Waals surface area (Å²) in [5, 5.41) is 2.53. The van der Waals surface area contributed by atoms with Gasteiger partial charge in [0.2, 0.25) is 0 Å². The van der Waals surface area contributed by atoms with Crippen molar-refractivity contribution in [1.29, 1.82) is 0 Å². The van der Waals surface area contributed by atoms with Crippen molar-refractivity contribution in [3.63, 3.8) is 0 Å². The van der Waals surface area contributed by atoms with Gasteiger partial charge in [0.25, 0.3) is 0 Å². The summed E-state index contributed by atoms with van der Waals surface area (Å²) in [7, 11) is 0. The Morgan fingerprint density at radius 3 is 2.17 bits per heavy atom. The van der Waals surface area contributed by atoms with E-state index in [0.717, 1.165) is 28.3 Å². The summed E-state index contributed by atoms with van der Waals surface area (Å²) in [6.07, 6.45) is 0.180. The van der Waals surface area contributed by atoms with Crippen LogP contribution in [0, 0.1) is 0 Å². The van der Waals surface area contributed by atoms with Gasteiger partial charge in [0.15, 0.2) is 0 Å². The number of esters is 1. The number of nitrogens with one attached hydrogen (secondary N) is 1. The zero-order valence-electron chi connectivity index (χ0n) is 17.3. The van der Waals surface area contributed by atoms with E-state index in [2.05, 4.69) is 17.4 Å². The maximum atomic E-state index is 12.3. The molecule has 1 amide bonds. The molecule has 0 heterocycles. The number of ether oxygens (including phenoxy) is 2. The first-order valence-electron chi connectivity index (χ1n) is 9.83. The summed E-state index contributed by atoms with van der Waals surface area (Å²) >= 11 is 0. The minimum atomic E-state index is -0.854. The molecular weight excluding hydrogens is 382 g/mol. The minimum Gasteiger partial charge on any atom is -0.460 e. The van der Waals surface area contributed by atoms with Gasteiger partial charge in [-0.05, 0) is 43.0 Å². The number of hydrogen-bond acceptors (Lipinski definition) is 5. The fourth-order valence-corrected chi connectivity index (χ4v) is 3.59. The summed E-state index contributed by atoms with van der Waals surface area (Å²) < 4.78 is 10.7. The molecule has 0 aromatic heterocycles. The second-order valence-corrected chi connectivity index (χ2v) is 8.15. The largest absolute Gasteiger partial charge is 0.460 e. The van der Waals surface area contributed by atoms with Gasteiger partial charge in [-0.1, -0.05) is 48.5 Å². The standard InChI is InChI=1S/C24H25NO5/c1-24(2,3)30-22(27)14-16(12-13-26)25-23(28)29-15-21-19-10-6-4-8-17(19)18-9-5-7-11-20(18)21/h4-12,16,21H,14-15H2,1-3H3,(H,25,28)/t16-/m0/s1. The van der Waals surface area contributed by atoms with E-state index >= 15 is 0 Å². The monoisotopic (exact) mass is 407 g/mol. The molecule has 2 aromatic rings. The average Bonchev–Trinajstić information content (AvgIpc) is 2.99. The molecular formula is C24H25NO5. The molecule has 0 saturated carbocycles. The summed E-state index contributed by atoms with van der Waals surface area (Å²) in [4.78, 5) is 35.1. The van der Waals surface area contributed by atoms with Crippen LogP contribution in [0.1, 0.15) is 44.2 Å². The highest BCUT2D eigenvalue weighted by Gasteiger charge is 2.29. The van der Waals surface area contributed by atoms with Crippen LogP contribution in [0.4, 0.5) is 4.79 Å². The van der Waals surface area contributed by atoms with E-state index in [9.17, 15) is 14.4 Å².